The van der Waals surface area contributed by atoms with E-state index < -0.39 is 5.97 Å². The van der Waals surface area contributed by atoms with Gasteiger partial charge in [0.05, 0.1) is 13.0 Å². The second-order valence-corrected chi connectivity index (χ2v) is 8.05. The molecule has 0 aromatic heterocycles. The van der Waals surface area contributed by atoms with Crippen LogP contribution >= 0.6 is 0 Å². The molecule has 0 spiro atoms. The highest BCUT2D eigenvalue weighted by atomic mass is 16.5. The van der Waals surface area contributed by atoms with Crippen molar-refractivity contribution in [2.45, 2.75) is 64.7 Å². The van der Waals surface area contributed by atoms with Crippen molar-refractivity contribution in [3.05, 3.63) is 28.8 Å². The number of benzene rings is 1. The molecule has 0 amide bonds. The Labute approximate surface area is 127 Å². The summed E-state index contributed by atoms with van der Waals surface area (Å²) in [6, 6.07) is 4.37. The van der Waals surface area contributed by atoms with Crippen LogP contribution < -0.4 is 4.74 Å². The fourth-order valence-corrected chi connectivity index (χ4v) is 2.76. The van der Waals surface area contributed by atoms with Crippen molar-refractivity contribution in [3.63, 3.8) is 0 Å². The molecule has 0 aliphatic carbocycles. The van der Waals surface area contributed by atoms with Crippen LogP contribution in [0.3, 0.4) is 0 Å². The van der Waals surface area contributed by atoms with Crippen molar-refractivity contribution in [2.75, 3.05) is 6.61 Å². The average Bonchev–Trinajstić information content (AvgIpc) is 2.68. The fourth-order valence-electron chi connectivity index (χ4n) is 2.76. The number of hydrogen-bond acceptors (Lipinski definition) is 2. The smallest absolute Gasteiger partial charge is 0.304 e. The molecule has 3 nitrogen and oxygen atoms in total. The molecule has 0 radical (unpaired) electrons. The van der Waals surface area contributed by atoms with Gasteiger partial charge in [-0.15, -0.1) is 0 Å². The Morgan fingerprint density at radius 3 is 2.29 bits per heavy atom. The van der Waals surface area contributed by atoms with Crippen LogP contribution in [0.5, 0.6) is 5.75 Å². The van der Waals surface area contributed by atoms with E-state index >= 15 is 0 Å². The SMILES string of the molecule is CC(C)(C)c1cc2c(c(C(C)(C)C)c1)OCC2CC(=O)O. The number of rotatable bonds is 2. The maximum absolute atomic E-state index is 11.1. The lowest BCUT2D eigenvalue weighted by Gasteiger charge is -2.27. The molecule has 2 rings (SSSR count). The monoisotopic (exact) mass is 290 g/mol. The van der Waals surface area contributed by atoms with Crippen LogP contribution in [0.4, 0.5) is 0 Å². The van der Waals surface area contributed by atoms with E-state index in [2.05, 4.69) is 53.7 Å². The third-order valence-corrected chi connectivity index (χ3v) is 4.08. The maximum atomic E-state index is 11.1. The predicted molar refractivity (Wildman–Crippen MR) is 84.3 cm³/mol. The molecule has 116 valence electrons. The van der Waals surface area contributed by atoms with Crippen LogP contribution in [0.25, 0.3) is 0 Å². The number of carboxylic acid groups (broad SMARTS) is 1. The number of carbonyl (C=O) groups is 1. The Balaban J connectivity index is 2.60. The van der Waals surface area contributed by atoms with Crippen LogP contribution in [0, 0.1) is 0 Å². The predicted octanol–water partition coefficient (Wildman–Crippen LogP) is 4.23. The van der Waals surface area contributed by atoms with Crippen LogP contribution in [-0.2, 0) is 15.6 Å². The van der Waals surface area contributed by atoms with Gasteiger partial charge in [-0.3, -0.25) is 4.79 Å². The minimum absolute atomic E-state index is 0.0243. The number of hydrogen-bond donors (Lipinski definition) is 1. The second-order valence-electron chi connectivity index (χ2n) is 8.05. The van der Waals surface area contributed by atoms with E-state index in [0.717, 1.165) is 11.3 Å². The van der Waals surface area contributed by atoms with Gasteiger partial charge in [-0.05, 0) is 16.4 Å². The summed E-state index contributed by atoms with van der Waals surface area (Å²) < 4.78 is 5.87. The van der Waals surface area contributed by atoms with E-state index in [1.54, 1.807) is 0 Å². The largest absolute Gasteiger partial charge is 0.492 e. The normalized spacial score (nSPS) is 18.3. The highest BCUT2D eigenvalue weighted by Crippen LogP contribution is 2.45. The van der Waals surface area contributed by atoms with Gasteiger partial charge in [0.25, 0.3) is 0 Å². The molecule has 1 aromatic carbocycles. The number of carboxylic acids is 1. The van der Waals surface area contributed by atoms with E-state index in [1.807, 2.05) is 0 Å². The standard InChI is InChI=1S/C18H26O3/c1-17(2,3)12-8-13-11(7-15(19)20)10-21-16(13)14(9-12)18(4,5)6/h8-9,11H,7,10H2,1-6H3,(H,19,20). The molecule has 1 aromatic rings. The second kappa shape index (κ2) is 5.04. The summed E-state index contributed by atoms with van der Waals surface area (Å²) >= 11 is 0. The molecular weight excluding hydrogens is 264 g/mol. The average molecular weight is 290 g/mol. The van der Waals surface area contributed by atoms with Gasteiger partial charge in [0, 0.05) is 17.0 Å². The third kappa shape index (κ3) is 3.22. The lowest BCUT2D eigenvalue weighted by atomic mass is 9.77. The van der Waals surface area contributed by atoms with E-state index in [4.69, 9.17) is 9.84 Å². The summed E-state index contributed by atoms with van der Waals surface area (Å²) in [5.74, 6) is 0.0950. The Kier molecular flexibility index (Phi) is 3.81. The van der Waals surface area contributed by atoms with E-state index in [1.165, 1.54) is 11.1 Å². The van der Waals surface area contributed by atoms with Gasteiger partial charge in [-0.25, -0.2) is 0 Å². The van der Waals surface area contributed by atoms with Gasteiger partial charge in [0.2, 0.25) is 0 Å². The lowest BCUT2D eigenvalue weighted by molar-refractivity contribution is -0.137. The zero-order valence-corrected chi connectivity index (χ0v) is 13.9. The Morgan fingerprint density at radius 1 is 1.19 bits per heavy atom. The number of aliphatic carboxylic acids is 1. The molecular formula is C18H26O3. The Morgan fingerprint density at radius 2 is 1.81 bits per heavy atom. The van der Waals surface area contributed by atoms with E-state index in [0.29, 0.717) is 6.61 Å². The zero-order chi connectivity index (χ0) is 16.0. The van der Waals surface area contributed by atoms with Crippen LogP contribution in [0.2, 0.25) is 0 Å². The molecule has 1 aliphatic rings. The first-order chi connectivity index (χ1) is 9.50. The van der Waals surface area contributed by atoms with E-state index in [-0.39, 0.29) is 23.2 Å². The molecule has 21 heavy (non-hydrogen) atoms. The summed E-state index contributed by atoms with van der Waals surface area (Å²) in [5.41, 5.74) is 3.49. The summed E-state index contributed by atoms with van der Waals surface area (Å²) in [6.07, 6.45) is 0.129. The molecule has 3 heteroatoms. The first kappa shape index (κ1) is 15.9. The number of ether oxygens (including phenoxy) is 1. The van der Waals surface area contributed by atoms with Gasteiger partial charge in [-0.2, -0.15) is 0 Å². The molecule has 0 fully saturated rings. The fraction of sp³-hybridized carbons (Fsp3) is 0.611. The van der Waals surface area contributed by atoms with Gasteiger partial charge in [-0.1, -0.05) is 53.7 Å². The van der Waals surface area contributed by atoms with Crippen molar-refractivity contribution >= 4 is 5.97 Å². The molecule has 0 saturated carbocycles. The van der Waals surface area contributed by atoms with Crippen LogP contribution in [0.15, 0.2) is 12.1 Å². The molecule has 1 aliphatic heterocycles. The zero-order valence-electron chi connectivity index (χ0n) is 13.9. The van der Waals surface area contributed by atoms with E-state index in [9.17, 15) is 4.79 Å². The minimum atomic E-state index is -0.769. The summed E-state index contributed by atoms with van der Waals surface area (Å²) in [5, 5.41) is 9.10. The number of fused-ring (bicyclic) bond motifs is 1. The van der Waals surface area contributed by atoms with Crippen molar-refractivity contribution in [1.29, 1.82) is 0 Å². The summed E-state index contributed by atoms with van der Waals surface area (Å²) in [6.45, 7) is 13.5. The van der Waals surface area contributed by atoms with Gasteiger partial charge in [0.1, 0.15) is 5.75 Å². The van der Waals surface area contributed by atoms with Crippen molar-refractivity contribution < 1.29 is 14.6 Å². The minimum Gasteiger partial charge on any atom is -0.492 e. The summed E-state index contributed by atoms with van der Waals surface area (Å²) in [7, 11) is 0. The van der Waals surface area contributed by atoms with Gasteiger partial charge >= 0.3 is 5.97 Å². The molecule has 0 saturated heterocycles. The molecule has 1 N–H and O–H groups in total. The molecule has 1 unspecified atom stereocenters. The third-order valence-electron chi connectivity index (χ3n) is 4.08. The Bertz CT molecular complexity index is 559. The molecule has 1 heterocycles. The van der Waals surface area contributed by atoms with Gasteiger partial charge < -0.3 is 9.84 Å². The van der Waals surface area contributed by atoms with Crippen molar-refractivity contribution in [1.82, 2.24) is 0 Å². The topological polar surface area (TPSA) is 46.5 Å². The molecule has 1 atom stereocenters. The quantitative estimate of drug-likeness (QED) is 0.886. The van der Waals surface area contributed by atoms with Crippen molar-refractivity contribution in [3.8, 4) is 5.75 Å². The highest BCUT2D eigenvalue weighted by Gasteiger charge is 2.33. The maximum Gasteiger partial charge on any atom is 0.304 e. The lowest BCUT2D eigenvalue weighted by Crippen LogP contribution is -2.17. The summed E-state index contributed by atoms with van der Waals surface area (Å²) in [4.78, 5) is 11.1. The Hall–Kier alpha value is -1.51. The van der Waals surface area contributed by atoms with Crippen molar-refractivity contribution in [2.24, 2.45) is 0 Å². The van der Waals surface area contributed by atoms with Gasteiger partial charge in [0.15, 0.2) is 0 Å². The first-order valence-corrected chi connectivity index (χ1v) is 7.53. The first-order valence-electron chi connectivity index (χ1n) is 7.53. The molecule has 0 bridgehead atoms. The van der Waals surface area contributed by atoms with Crippen LogP contribution in [-0.4, -0.2) is 17.7 Å². The highest BCUT2D eigenvalue weighted by molar-refractivity contribution is 5.69. The van der Waals surface area contributed by atoms with Crippen LogP contribution in [0.1, 0.15) is 70.6 Å².